The van der Waals surface area contributed by atoms with Gasteiger partial charge in [-0.2, -0.15) is 10.4 Å². The molecule has 0 aliphatic carbocycles. The molecule has 0 bridgehead atoms. The molecule has 0 saturated heterocycles. The number of hydrogen-bond acceptors (Lipinski definition) is 6. The zero-order valence-electron chi connectivity index (χ0n) is 14.8. The van der Waals surface area contributed by atoms with Gasteiger partial charge in [-0.05, 0) is 49.7 Å². The largest absolute Gasteiger partial charge is 0.380 e. The van der Waals surface area contributed by atoms with Crippen LogP contribution in [0.4, 0.5) is 5.69 Å². The van der Waals surface area contributed by atoms with Gasteiger partial charge in [0.05, 0.1) is 21.8 Å². The zero-order chi connectivity index (χ0) is 19.6. The van der Waals surface area contributed by atoms with Crippen molar-refractivity contribution in [3.63, 3.8) is 0 Å². The average Bonchev–Trinajstić information content (AvgIpc) is 2.97. The van der Waals surface area contributed by atoms with E-state index in [0.717, 1.165) is 22.8 Å². The lowest BCUT2D eigenvalue weighted by molar-refractivity contribution is 0.598. The average molecular weight is 382 g/mol. The predicted molar refractivity (Wildman–Crippen MR) is 101 cm³/mol. The summed E-state index contributed by atoms with van der Waals surface area (Å²) in [6.07, 6.45) is 1.73. The molecule has 1 aromatic carbocycles. The minimum Gasteiger partial charge on any atom is -0.380 e. The van der Waals surface area contributed by atoms with Gasteiger partial charge in [-0.1, -0.05) is 6.07 Å². The molecule has 0 saturated carbocycles. The number of aromatic nitrogens is 3. The first kappa shape index (κ1) is 18.6. The van der Waals surface area contributed by atoms with Crippen LogP contribution in [0, 0.1) is 25.2 Å². The van der Waals surface area contributed by atoms with Crippen LogP contribution in [0.1, 0.15) is 22.5 Å². The molecule has 0 radical (unpaired) electrons. The van der Waals surface area contributed by atoms with E-state index in [4.69, 9.17) is 5.14 Å². The molecule has 2 aromatic heterocycles. The van der Waals surface area contributed by atoms with Gasteiger partial charge in [0.2, 0.25) is 10.0 Å². The predicted octanol–water partition coefficient (Wildman–Crippen LogP) is 2.02. The monoisotopic (exact) mass is 382 g/mol. The normalized spacial score (nSPS) is 11.2. The van der Waals surface area contributed by atoms with Crippen LogP contribution < -0.4 is 10.5 Å². The number of nitriles is 1. The van der Waals surface area contributed by atoms with Crippen LogP contribution >= 0.6 is 0 Å². The molecule has 9 heteroatoms. The number of nitrogens with one attached hydrogen (secondary N) is 1. The van der Waals surface area contributed by atoms with Crippen molar-refractivity contribution in [2.45, 2.75) is 25.3 Å². The Hall–Kier alpha value is -3.22. The molecule has 0 spiro atoms. The van der Waals surface area contributed by atoms with Crippen molar-refractivity contribution in [1.82, 2.24) is 14.8 Å². The third kappa shape index (κ3) is 4.13. The number of rotatable bonds is 5. The van der Waals surface area contributed by atoms with Gasteiger partial charge in [0.15, 0.2) is 5.82 Å². The molecule has 3 N–H and O–H groups in total. The van der Waals surface area contributed by atoms with Crippen LogP contribution in [0.3, 0.4) is 0 Å². The molecule has 138 valence electrons. The summed E-state index contributed by atoms with van der Waals surface area (Å²) < 4.78 is 24.6. The lowest BCUT2D eigenvalue weighted by Gasteiger charge is -2.10. The second kappa shape index (κ2) is 7.19. The molecular weight excluding hydrogens is 364 g/mol. The Balaban J connectivity index is 1.76. The number of hydrogen-bond donors (Lipinski definition) is 2. The van der Waals surface area contributed by atoms with Crippen LogP contribution in [-0.4, -0.2) is 23.2 Å². The van der Waals surface area contributed by atoms with Crippen LogP contribution in [0.15, 0.2) is 47.5 Å². The molecule has 0 unspecified atom stereocenters. The lowest BCUT2D eigenvalue weighted by Crippen LogP contribution is -2.12. The number of nitrogens with two attached hydrogens (primary N) is 1. The third-order valence-corrected chi connectivity index (χ3v) is 4.87. The number of benzene rings is 1. The van der Waals surface area contributed by atoms with Gasteiger partial charge in [0, 0.05) is 18.4 Å². The third-order valence-electron chi connectivity index (χ3n) is 3.96. The Bertz CT molecular complexity index is 1130. The van der Waals surface area contributed by atoms with Crippen molar-refractivity contribution >= 4 is 15.7 Å². The Morgan fingerprint density at radius 1 is 1.22 bits per heavy atom. The SMILES string of the molecule is Cc1cc(C)n(-c2ccc(CNc3ccc(S(N)(=O)=O)cc3C#N)cn2)n1. The van der Waals surface area contributed by atoms with E-state index in [1.807, 2.05) is 38.1 Å². The van der Waals surface area contributed by atoms with Gasteiger partial charge in [0.1, 0.15) is 6.07 Å². The molecular formula is C18H18N6O2S. The highest BCUT2D eigenvalue weighted by atomic mass is 32.2. The van der Waals surface area contributed by atoms with Gasteiger partial charge in [-0.15, -0.1) is 0 Å². The van der Waals surface area contributed by atoms with Gasteiger partial charge in [0.25, 0.3) is 0 Å². The summed E-state index contributed by atoms with van der Waals surface area (Å²) in [5.74, 6) is 0.722. The van der Waals surface area contributed by atoms with Crippen molar-refractivity contribution in [3.05, 3.63) is 65.1 Å². The first-order valence-corrected chi connectivity index (χ1v) is 9.62. The maximum atomic E-state index is 11.4. The molecule has 0 amide bonds. The fraction of sp³-hybridized carbons (Fsp3) is 0.167. The van der Waals surface area contributed by atoms with E-state index in [1.165, 1.54) is 18.2 Å². The van der Waals surface area contributed by atoms with Gasteiger partial charge in [-0.3, -0.25) is 0 Å². The summed E-state index contributed by atoms with van der Waals surface area (Å²) in [7, 11) is -3.85. The van der Waals surface area contributed by atoms with Crippen LogP contribution in [0.2, 0.25) is 0 Å². The maximum Gasteiger partial charge on any atom is 0.238 e. The molecule has 0 fully saturated rings. The van der Waals surface area contributed by atoms with Gasteiger partial charge < -0.3 is 5.32 Å². The van der Waals surface area contributed by atoms with E-state index >= 15 is 0 Å². The maximum absolute atomic E-state index is 11.4. The summed E-state index contributed by atoms with van der Waals surface area (Å²) in [6.45, 7) is 4.31. The van der Waals surface area contributed by atoms with Crippen molar-refractivity contribution in [3.8, 4) is 11.9 Å². The topological polar surface area (TPSA) is 127 Å². The summed E-state index contributed by atoms with van der Waals surface area (Å²) in [6, 6.07) is 11.9. The molecule has 0 aliphatic rings. The van der Waals surface area contributed by atoms with Crippen LogP contribution in [-0.2, 0) is 16.6 Å². The fourth-order valence-electron chi connectivity index (χ4n) is 2.65. The van der Waals surface area contributed by atoms with E-state index in [2.05, 4.69) is 15.4 Å². The number of primary sulfonamides is 1. The highest BCUT2D eigenvalue weighted by Crippen LogP contribution is 2.20. The molecule has 8 nitrogen and oxygen atoms in total. The fourth-order valence-corrected chi connectivity index (χ4v) is 3.19. The molecule has 27 heavy (non-hydrogen) atoms. The summed E-state index contributed by atoms with van der Waals surface area (Å²) in [5, 5.41) is 21.9. The van der Waals surface area contributed by atoms with E-state index < -0.39 is 10.0 Å². The van der Waals surface area contributed by atoms with Gasteiger partial charge >= 0.3 is 0 Å². The first-order chi connectivity index (χ1) is 12.8. The quantitative estimate of drug-likeness (QED) is 0.695. The van der Waals surface area contributed by atoms with E-state index in [0.29, 0.717) is 12.2 Å². The highest BCUT2D eigenvalue weighted by Gasteiger charge is 2.11. The first-order valence-electron chi connectivity index (χ1n) is 8.07. The van der Waals surface area contributed by atoms with Crippen molar-refractivity contribution in [2.24, 2.45) is 5.14 Å². The standard InChI is InChI=1S/C18H18N6O2S/c1-12-7-13(2)24(23-12)18-6-3-14(11-22-18)10-21-17-5-4-16(27(20,25)26)8-15(17)9-19/h3-8,11,21H,10H2,1-2H3,(H2,20,25,26). The van der Waals surface area contributed by atoms with E-state index in [-0.39, 0.29) is 10.5 Å². The molecule has 0 atom stereocenters. The molecule has 3 aromatic rings. The zero-order valence-corrected chi connectivity index (χ0v) is 15.7. The van der Waals surface area contributed by atoms with Crippen molar-refractivity contribution < 1.29 is 8.42 Å². The Labute approximate surface area is 157 Å². The summed E-state index contributed by atoms with van der Waals surface area (Å²) in [4.78, 5) is 4.33. The highest BCUT2D eigenvalue weighted by molar-refractivity contribution is 7.89. The number of aryl methyl sites for hydroxylation is 2. The van der Waals surface area contributed by atoms with Crippen LogP contribution in [0.5, 0.6) is 0 Å². The number of nitrogens with zero attached hydrogens (tertiary/aromatic N) is 4. The van der Waals surface area contributed by atoms with Crippen molar-refractivity contribution in [1.29, 1.82) is 5.26 Å². The molecule has 2 heterocycles. The number of pyridine rings is 1. The second-order valence-corrected chi connectivity index (χ2v) is 7.64. The Morgan fingerprint density at radius 3 is 2.56 bits per heavy atom. The van der Waals surface area contributed by atoms with Crippen LogP contribution in [0.25, 0.3) is 5.82 Å². The smallest absolute Gasteiger partial charge is 0.238 e. The Kier molecular flexibility index (Phi) is 4.94. The minimum atomic E-state index is -3.85. The minimum absolute atomic E-state index is 0.0968. The molecule has 3 rings (SSSR count). The van der Waals surface area contributed by atoms with Crippen molar-refractivity contribution in [2.75, 3.05) is 5.32 Å². The second-order valence-electron chi connectivity index (χ2n) is 6.08. The summed E-state index contributed by atoms with van der Waals surface area (Å²) >= 11 is 0. The molecule has 0 aliphatic heterocycles. The number of anilines is 1. The van der Waals surface area contributed by atoms with E-state index in [9.17, 15) is 13.7 Å². The Morgan fingerprint density at radius 2 is 2.00 bits per heavy atom. The van der Waals surface area contributed by atoms with E-state index in [1.54, 1.807) is 10.9 Å². The number of sulfonamides is 1. The lowest BCUT2D eigenvalue weighted by atomic mass is 10.2. The van der Waals surface area contributed by atoms with Gasteiger partial charge in [-0.25, -0.2) is 23.2 Å². The summed E-state index contributed by atoms with van der Waals surface area (Å²) in [5.41, 5.74) is 3.55.